The quantitative estimate of drug-likeness (QED) is 0.659. The molecule has 4 heterocycles. The molecule has 0 amide bonds. The number of thiophene rings is 1. The summed E-state index contributed by atoms with van der Waals surface area (Å²) in [4.78, 5) is 0.629. The first-order chi connectivity index (χ1) is 13.9. The Bertz CT molecular complexity index is 1020. The lowest BCUT2D eigenvalue weighted by molar-refractivity contribution is -0.330. The van der Waals surface area contributed by atoms with Gasteiger partial charge in [-0.1, -0.05) is 0 Å². The maximum absolute atomic E-state index is 10.4. The van der Waals surface area contributed by atoms with Crippen molar-refractivity contribution in [2.75, 3.05) is 13.2 Å². The molecule has 1 spiro atoms. The fourth-order valence-electron chi connectivity index (χ4n) is 5.27. The Morgan fingerprint density at radius 3 is 2.45 bits per heavy atom. The molecule has 4 fully saturated rings. The lowest BCUT2D eigenvalue weighted by Crippen LogP contribution is -2.63. The van der Waals surface area contributed by atoms with Crippen LogP contribution in [0, 0.1) is 56.2 Å². The van der Waals surface area contributed by atoms with E-state index in [9.17, 15) is 15.8 Å². The number of nitriles is 3. The van der Waals surface area contributed by atoms with E-state index in [1.165, 1.54) is 11.3 Å². The lowest BCUT2D eigenvalue weighted by atomic mass is 9.51. The smallest absolute Gasteiger partial charge is 0.218 e. The number of hydrogen-bond acceptors (Lipinski definition) is 9. The average Bonchev–Trinajstić information content (AvgIpc) is 3.40. The molecule has 3 aliphatic heterocycles. The van der Waals surface area contributed by atoms with Crippen LogP contribution in [0.25, 0.3) is 0 Å². The van der Waals surface area contributed by atoms with Gasteiger partial charge in [0.25, 0.3) is 0 Å². The third kappa shape index (κ3) is 2.12. The van der Waals surface area contributed by atoms with Crippen molar-refractivity contribution in [2.45, 2.75) is 36.9 Å². The molecule has 0 aromatic carbocycles. The average molecular weight is 475 g/mol. The van der Waals surface area contributed by atoms with Crippen molar-refractivity contribution in [2.24, 2.45) is 16.7 Å². The third-order valence-corrected chi connectivity index (χ3v) is 8.31. The van der Waals surface area contributed by atoms with Crippen LogP contribution in [-0.4, -0.2) is 30.7 Å². The van der Waals surface area contributed by atoms with Crippen LogP contribution in [0.4, 0.5) is 0 Å². The Morgan fingerprint density at radius 2 is 1.86 bits per heavy atom. The summed E-state index contributed by atoms with van der Waals surface area (Å²) < 4.78 is 24.8. The molecule has 8 nitrogen and oxygen atoms in total. The standard InChI is InChI=1S/C19H15BrN4O4S/c20-11-5-12(29-7-11)14-16(8-21,9-22)18(10-23)13-6-17(25-3-4-26-17)1-2-19(13,27-14)28-15(18)24/h5,7,13-14,24H,1-4,6H2. The Labute approximate surface area is 179 Å². The SMILES string of the molecule is N#CC1(C#N)C(c2cc(Br)cs2)OC23CCC4(CC2C1(C#N)C(=N)O3)OCCO4. The number of hydrogen-bond donors (Lipinski definition) is 1. The summed E-state index contributed by atoms with van der Waals surface area (Å²) in [5, 5.41) is 41.2. The minimum absolute atomic E-state index is 0.217. The van der Waals surface area contributed by atoms with E-state index in [0.29, 0.717) is 30.9 Å². The normalized spacial score (nSPS) is 38.5. The zero-order valence-electron chi connectivity index (χ0n) is 15.1. The second-order valence-electron chi connectivity index (χ2n) is 7.72. The molecule has 5 rings (SSSR count). The summed E-state index contributed by atoms with van der Waals surface area (Å²) in [6.45, 7) is 0.873. The first-order valence-corrected chi connectivity index (χ1v) is 10.8. The van der Waals surface area contributed by atoms with Crippen LogP contribution in [0.2, 0.25) is 0 Å². The van der Waals surface area contributed by atoms with E-state index in [4.69, 9.17) is 24.4 Å². The Morgan fingerprint density at radius 1 is 1.14 bits per heavy atom. The summed E-state index contributed by atoms with van der Waals surface area (Å²) in [5.74, 6) is -3.30. The predicted octanol–water partition coefficient (Wildman–Crippen LogP) is 3.37. The van der Waals surface area contributed by atoms with E-state index in [-0.39, 0.29) is 12.3 Å². The molecule has 4 atom stereocenters. The molecule has 2 bridgehead atoms. The van der Waals surface area contributed by atoms with Crippen molar-refractivity contribution < 1.29 is 18.9 Å². The third-order valence-electron chi connectivity index (χ3n) is 6.58. The van der Waals surface area contributed by atoms with Crippen LogP contribution in [0.15, 0.2) is 15.9 Å². The van der Waals surface area contributed by atoms with Gasteiger partial charge in [0.05, 0.1) is 37.3 Å². The highest BCUT2D eigenvalue weighted by atomic mass is 79.9. The van der Waals surface area contributed by atoms with E-state index < -0.39 is 34.4 Å². The van der Waals surface area contributed by atoms with Crippen LogP contribution in [-0.2, 0) is 18.9 Å². The maximum atomic E-state index is 10.4. The second-order valence-corrected chi connectivity index (χ2v) is 9.58. The fourth-order valence-corrected chi connectivity index (χ4v) is 6.81. The van der Waals surface area contributed by atoms with Crippen molar-refractivity contribution in [3.63, 3.8) is 0 Å². The summed E-state index contributed by atoms with van der Waals surface area (Å²) in [6, 6.07) is 8.07. The number of nitrogens with one attached hydrogen (secondary N) is 1. The van der Waals surface area contributed by atoms with E-state index in [2.05, 4.69) is 34.1 Å². The van der Waals surface area contributed by atoms with E-state index >= 15 is 0 Å². The molecular weight excluding hydrogens is 460 g/mol. The highest BCUT2D eigenvalue weighted by Gasteiger charge is 2.82. The Hall–Kier alpha value is -2.00. The van der Waals surface area contributed by atoms with Gasteiger partial charge >= 0.3 is 0 Å². The molecular formula is C19H15BrN4O4S. The highest BCUT2D eigenvalue weighted by Crippen LogP contribution is 2.71. The zero-order valence-corrected chi connectivity index (χ0v) is 17.5. The monoisotopic (exact) mass is 474 g/mol. The molecule has 10 heteroatoms. The van der Waals surface area contributed by atoms with Gasteiger partial charge in [-0.2, -0.15) is 15.8 Å². The van der Waals surface area contributed by atoms with Gasteiger partial charge < -0.3 is 18.9 Å². The molecule has 4 aliphatic rings. The van der Waals surface area contributed by atoms with Gasteiger partial charge in [-0.05, 0) is 22.0 Å². The molecule has 1 aromatic heterocycles. The van der Waals surface area contributed by atoms with Crippen LogP contribution in [0.3, 0.4) is 0 Å². The summed E-state index contributed by atoms with van der Waals surface area (Å²) in [6.07, 6.45) is 0.00611. The Kier molecular flexibility index (Phi) is 3.94. The van der Waals surface area contributed by atoms with Gasteiger partial charge in [0.2, 0.25) is 17.1 Å². The van der Waals surface area contributed by atoms with Crippen LogP contribution < -0.4 is 0 Å². The van der Waals surface area contributed by atoms with Gasteiger partial charge in [-0.3, -0.25) is 5.41 Å². The van der Waals surface area contributed by atoms with Crippen molar-refractivity contribution >= 4 is 33.2 Å². The van der Waals surface area contributed by atoms with Gasteiger partial charge in [-0.15, -0.1) is 11.3 Å². The number of nitrogens with zero attached hydrogens (tertiary/aromatic N) is 3. The minimum atomic E-state index is -1.95. The lowest BCUT2D eigenvalue weighted by Gasteiger charge is -2.53. The molecule has 4 unspecified atom stereocenters. The van der Waals surface area contributed by atoms with Crippen LogP contribution in [0.1, 0.15) is 30.2 Å². The number of ether oxygens (including phenoxy) is 4. The van der Waals surface area contributed by atoms with Crippen molar-refractivity contribution in [3.8, 4) is 18.2 Å². The summed E-state index contributed by atoms with van der Waals surface area (Å²) in [7, 11) is 0. The molecule has 29 heavy (non-hydrogen) atoms. The maximum Gasteiger partial charge on any atom is 0.218 e. The molecule has 1 N–H and O–H groups in total. The summed E-state index contributed by atoms with van der Waals surface area (Å²) >= 11 is 4.72. The number of rotatable bonds is 1. The van der Waals surface area contributed by atoms with Gasteiger partial charge in [0, 0.05) is 34.0 Å². The minimum Gasteiger partial charge on any atom is -0.447 e. The first-order valence-electron chi connectivity index (χ1n) is 9.12. The van der Waals surface area contributed by atoms with Gasteiger partial charge in [-0.25, -0.2) is 0 Å². The van der Waals surface area contributed by atoms with E-state index in [1.54, 1.807) is 6.07 Å². The molecule has 3 saturated heterocycles. The molecule has 1 aliphatic carbocycles. The highest BCUT2D eigenvalue weighted by molar-refractivity contribution is 9.10. The zero-order chi connectivity index (χ0) is 20.5. The van der Waals surface area contributed by atoms with Gasteiger partial charge in [0.1, 0.15) is 6.10 Å². The van der Waals surface area contributed by atoms with E-state index in [1.807, 2.05) is 5.38 Å². The molecule has 1 saturated carbocycles. The summed E-state index contributed by atoms with van der Waals surface area (Å²) in [5.41, 5.74) is -3.75. The first kappa shape index (κ1) is 19.0. The van der Waals surface area contributed by atoms with Crippen molar-refractivity contribution in [1.29, 1.82) is 21.2 Å². The van der Waals surface area contributed by atoms with Crippen molar-refractivity contribution in [1.82, 2.24) is 0 Å². The predicted molar refractivity (Wildman–Crippen MR) is 101 cm³/mol. The molecule has 1 aromatic rings. The fraction of sp³-hybridized carbons (Fsp3) is 0.579. The largest absolute Gasteiger partial charge is 0.447 e. The van der Waals surface area contributed by atoms with E-state index in [0.717, 1.165) is 4.47 Å². The number of halogens is 1. The Balaban J connectivity index is 1.72. The molecule has 0 radical (unpaired) electrons. The van der Waals surface area contributed by atoms with Crippen LogP contribution in [0.5, 0.6) is 0 Å². The topological polar surface area (TPSA) is 132 Å². The second kappa shape index (κ2) is 6.01. The molecule has 148 valence electrons. The van der Waals surface area contributed by atoms with Crippen LogP contribution >= 0.6 is 27.3 Å². The van der Waals surface area contributed by atoms with Gasteiger partial charge in [0.15, 0.2) is 11.2 Å². The van der Waals surface area contributed by atoms with Crippen molar-refractivity contribution in [3.05, 3.63) is 20.8 Å².